The molecular weight excluding hydrogens is 446 g/mol. The van der Waals surface area contributed by atoms with Crippen LogP contribution in [0.1, 0.15) is 0 Å². The lowest BCUT2D eigenvalue weighted by Gasteiger charge is -2.32. The number of thioether (sulfide) groups is 1. The van der Waals surface area contributed by atoms with Gasteiger partial charge in [-0.1, -0.05) is 23.9 Å². The molecule has 10 heteroatoms. The van der Waals surface area contributed by atoms with Gasteiger partial charge >= 0.3 is 0 Å². The van der Waals surface area contributed by atoms with E-state index in [-0.39, 0.29) is 12.0 Å². The quantitative estimate of drug-likeness (QED) is 0.386. The molecule has 0 radical (unpaired) electrons. The number of carbonyl (C=O) groups is 1. The minimum absolute atomic E-state index is 0.0970. The minimum Gasteiger partial charge on any atom is -0.491 e. The molecule has 0 spiro atoms. The largest absolute Gasteiger partial charge is 0.491 e. The van der Waals surface area contributed by atoms with Gasteiger partial charge in [0.1, 0.15) is 31.1 Å². The van der Waals surface area contributed by atoms with E-state index in [0.29, 0.717) is 32.1 Å². The molecule has 1 aliphatic rings. The van der Waals surface area contributed by atoms with Crippen LogP contribution in [0.3, 0.4) is 0 Å². The maximum atomic E-state index is 12.7. The summed E-state index contributed by atoms with van der Waals surface area (Å²) in [5.41, 5.74) is 1.89. The topological polar surface area (TPSA) is 82.4 Å². The van der Waals surface area contributed by atoms with Crippen molar-refractivity contribution in [2.24, 2.45) is 0 Å². The number of hydrogen-bond acceptors (Lipinski definition) is 8. The van der Waals surface area contributed by atoms with Gasteiger partial charge in [0, 0.05) is 6.54 Å². The summed E-state index contributed by atoms with van der Waals surface area (Å²) in [5, 5.41) is 4.11. The van der Waals surface area contributed by atoms with Gasteiger partial charge in [-0.05, 0) is 36.4 Å². The predicted molar refractivity (Wildman–Crippen MR) is 124 cm³/mol. The molecule has 0 bridgehead atoms. The molecule has 1 aliphatic heterocycles. The Kier molecular flexibility index (Phi) is 6.33. The van der Waals surface area contributed by atoms with Crippen LogP contribution in [0.2, 0.25) is 0 Å². The highest BCUT2D eigenvalue weighted by Gasteiger charge is 2.25. The zero-order valence-electron chi connectivity index (χ0n) is 17.2. The van der Waals surface area contributed by atoms with Crippen LogP contribution in [0.25, 0.3) is 15.9 Å². The number of aromatic nitrogens is 4. The molecule has 1 unspecified atom stereocenters. The molecule has 1 amide bonds. The summed E-state index contributed by atoms with van der Waals surface area (Å²) >= 11 is 3.11. The highest BCUT2D eigenvalue weighted by atomic mass is 32.2. The zero-order chi connectivity index (χ0) is 21.8. The number of benzene rings is 2. The van der Waals surface area contributed by atoms with Crippen molar-refractivity contribution >= 4 is 39.2 Å². The Labute approximate surface area is 193 Å². The van der Waals surface area contributed by atoms with E-state index in [1.54, 1.807) is 22.3 Å². The van der Waals surface area contributed by atoms with Crippen molar-refractivity contribution in [1.29, 1.82) is 0 Å². The van der Waals surface area contributed by atoms with E-state index in [4.69, 9.17) is 9.47 Å². The first kappa shape index (κ1) is 20.9. The van der Waals surface area contributed by atoms with Gasteiger partial charge in [-0.3, -0.25) is 4.79 Å². The molecule has 1 atom stereocenters. The van der Waals surface area contributed by atoms with Gasteiger partial charge in [-0.15, -0.1) is 11.3 Å². The average molecular weight is 468 g/mol. The molecule has 2 aromatic heterocycles. The van der Waals surface area contributed by atoms with Gasteiger partial charge in [0.15, 0.2) is 4.34 Å². The molecule has 3 heterocycles. The Hall–Kier alpha value is -2.95. The lowest BCUT2D eigenvalue weighted by atomic mass is 10.2. The molecule has 0 aliphatic carbocycles. The minimum atomic E-state index is -0.157. The van der Waals surface area contributed by atoms with Gasteiger partial charge in [0.05, 0.1) is 34.8 Å². The lowest BCUT2D eigenvalue weighted by Crippen LogP contribution is -2.48. The SMILES string of the molecule is O=C(CSc1nc2ccccc2s1)N1CCOC(COc2ccc(-n3cncn3)cc2)C1. The molecule has 1 fully saturated rings. The maximum Gasteiger partial charge on any atom is 0.233 e. The normalized spacial score (nSPS) is 16.4. The molecule has 164 valence electrons. The first-order chi connectivity index (χ1) is 15.7. The van der Waals surface area contributed by atoms with E-state index in [1.807, 2.05) is 53.4 Å². The number of morpholine rings is 1. The fraction of sp³-hybridized carbons (Fsp3) is 0.273. The molecular formula is C22H21N5O3S2. The van der Waals surface area contributed by atoms with Crippen molar-refractivity contribution in [2.75, 3.05) is 32.1 Å². The van der Waals surface area contributed by atoms with Crippen molar-refractivity contribution in [2.45, 2.75) is 10.4 Å². The molecule has 0 N–H and O–H groups in total. The van der Waals surface area contributed by atoms with Crippen LogP contribution in [0.4, 0.5) is 0 Å². The van der Waals surface area contributed by atoms with Crippen LogP contribution >= 0.6 is 23.1 Å². The third-order valence-electron chi connectivity index (χ3n) is 5.04. The number of fused-ring (bicyclic) bond motifs is 1. The number of ether oxygens (including phenoxy) is 2. The molecule has 2 aromatic carbocycles. The van der Waals surface area contributed by atoms with Crippen molar-refractivity contribution in [3.8, 4) is 11.4 Å². The average Bonchev–Trinajstić information content (AvgIpc) is 3.52. The zero-order valence-corrected chi connectivity index (χ0v) is 18.8. The molecule has 8 nitrogen and oxygen atoms in total. The fourth-order valence-corrected chi connectivity index (χ4v) is 5.37. The smallest absolute Gasteiger partial charge is 0.233 e. The van der Waals surface area contributed by atoms with Gasteiger partial charge in [0.2, 0.25) is 5.91 Å². The summed E-state index contributed by atoms with van der Waals surface area (Å²) in [5.74, 6) is 1.21. The third kappa shape index (κ3) is 4.93. The van der Waals surface area contributed by atoms with Crippen LogP contribution in [-0.2, 0) is 9.53 Å². The van der Waals surface area contributed by atoms with E-state index >= 15 is 0 Å². The van der Waals surface area contributed by atoms with Gasteiger partial charge in [0.25, 0.3) is 0 Å². The number of para-hydroxylation sites is 1. The second kappa shape index (κ2) is 9.68. The van der Waals surface area contributed by atoms with Crippen molar-refractivity contribution in [3.05, 3.63) is 61.2 Å². The van der Waals surface area contributed by atoms with E-state index in [9.17, 15) is 4.79 Å². The maximum absolute atomic E-state index is 12.7. The highest BCUT2D eigenvalue weighted by Crippen LogP contribution is 2.29. The number of nitrogens with zero attached hydrogens (tertiary/aromatic N) is 5. The predicted octanol–water partition coefficient (Wildman–Crippen LogP) is 3.28. The molecule has 1 saturated heterocycles. The molecule has 5 rings (SSSR count). The summed E-state index contributed by atoms with van der Waals surface area (Å²) < 4.78 is 15.4. The first-order valence-electron chi connectivity index (χ1n) is 10.2. The number of rotatable bonds is 7. The lowest BCUT2D eigenvalue weighted by molar-refractivity contribution is -0.137. The number of amides is 1. The molecule has 32 heavy (non-hydrogen) atoms. The summed E-state index contributed by atoms with van der Waals surface area (Å²) in [6.45, 7) is 2.02. The third-order valence-corrected chi connectivity index (χ3v) is 7.20. The van der Waals surface area contributed by atoms with Crippen LogP contribution in [0.5, 0.6) is 5.75 Å². The number of thiazole rings is 1. The number of hydrogen-bond donors (Lipinski definition) is 0. The Balaban J connectivity index is 1.11. The van der Waals surface area contributed by atoms with E-state index in [2.05, 4.69) is 15.1 Å². The van der Waals surface area contributed by atoms with E-state index in [0.717, 1.165) is 26.0 Å². The molecule has 4 aromatic rings. The first-order valence-corrected chi connectivity index (χ1v) is 12.0. The van der Waals surface area contributed by atoms with E-state index < -0.39 is 0 Å². The van der Waals surface area contributed by atoms with Gasteiger partial charge < -0.3 is 14.4 Å². The Morgan fingerprint density at radius 1 is 1.22 bits per heavy atom. The Bertz CT molecular complexity index is 1150. The van der Waals surface area contributed by atoms with E-state index in [1.165, 1.54) is 18.1 Å². The van der Waals surface area contributed by atoms with Crippen LogP contribution < -0.4 is 4.74 Å². The Morgan fingerprint density at radius 3 is 2.91 bits per heavy atom. The summed E-state index contributed by atoms with van der Waals surface area (Å²) in [6, 6.07) is 15.6. The van der Waals surface area contributed by atoms with Crippen molar-refractivity contribution in [1.82, 2.24) is 24.6 Å². The second-order valence-corrected chi connectivity index (χ2v) is 9.47. The summed E-state index contributed by atoms with van der Waals surface area (Å²) in [7, 11) is 0. The second-order valence-electron chi connectivity index (χ2n) is 7.21. The van der Waals surface area contributed by atoms with Crippen LogP contribution in [0, 0.1) is 0 Å². The summed E-state index contributed by atoms with van der Waals surface area (Å²) in [6.07, 6.45) is 2.98. The summed E-state index contributed by atoms with van der Waals surface area (Å²) in [4.78, 5) is 23.1. The van der Waals surface area contributed by atoms with Gasteiger partial charge in [-0.25, -0.2) is 14.6 Å². The standard InChI is InChI=1S/C22H21N5O3S2/c28-21(13-31-22-25-19-3-1-2-4-20(19)32-22)26-9-10-29-18(11-26)12-30-17-7-5-16(6-8-17)27-15-23-14-24-27/h1-8,14-15,18H,9-13H2. The van der Waals surface area contributed by atoms with Crippen molar-refractivity contribution < 1.29 is 14.3 Å². The van der Waals surface area contributed by atoms with Crippen molar-refractivity contribution in [3.63, 3.8) is 0 Å². The highest BCUT2D eigenvalue weighted by molar-refractivity contribution is 8.01. The van der Waals surface area contributed by atoms with Crippen LogP contribution in [0.15, 0.2) is 65.5 Å². The van der Waals surface area contributed by atoms with Gasteiger partial charge in [-0.2, -0.15) is 5.10 Å². The van der Waals surface area contributed by atoms with Crippen LogP contribution in [-0.4, -0.2) is 68.7 Å². The monoisotopic (exact) mass is 467 g/mol. The molecule has 0 saturated carbocycles. The Morgan fingerprint density at radius 2 is 2.09 bits per heavy atom. The fourth-order valence-electron chi connectivity index (χ4n) is 3.40. The number of carbonyl (C=O) groups excluding carboxylic acids is 1.